The minimum atomic E-state index is 0.246. The van der Waals surface area contributed by atoms with Crippen LogP contribution < -0.4 is 5.73 Å². The molecule has 5 aromatic rings. The summed E-state index contributed by atoms with van der Waals surface area (Å²) in [6, 6.07) is 9.52. The number of anilines is 1. The molecule has 4 aromatic heterocycles. The van der Waals surface area contributed by atoms with Gasteiger partial charge in [-0.15, -0.1) is 5.10 Å². The number of benzene rings is 1. The molecule has 0 bridgehead atoms. The summed E-state index contributed by atoms with van der Waals surface area (Å²) in [7, 11) is 0. The molecule has 0 aliphatic rings. The van der Waals surface area contributed by atoms with Crippen LogP contribution in [0.2, 0.25) is 0 Å². The van der Waals surface area contributed by atoms with E-state index in [0.717, 1.165) is 27.9 Å². The summed E-state index contributed by atoms with van der Waals surface area (Å²) in [5.41, 5.74) is 10.5. The molecular formula is C17H14N8O. The van der Waals surface area contributed by atoms with E-state index in [1.54, 1.807) is 0 Å². The van der Waals surface area contributed by atoms with Crippen molar-refractivity contribution in [3.63, 3.8) is 0 Å². The Labute approximate surface area is 146 Å². The highest BCUT2D eigenvalue weighted by molar-refractivity contribution is 5.92. The maximum absolute atomic E-state index is 6.12. The lowest BCUT2D eigenvalue weighted by molar-refractivity contribution is 0.546. The number of rotatable bonds is 2. The Morgan fingerprint density at radius 2 is 1.88 bits per heavy atom. The van der Waals surface area contributed by atoms with Crippen molar-refractivity contribution in [3.05, 3.63) is 41.9 Å². The Morgan fingerprint density at radius 1 is 1.04 bits per heavy atom. The number of fused-ring (bicyclic) bond motifs is 2. The van der Waals surface area contributed by atoms with E-state index in [2.05, 4.69) is 30.5 Å². The highest BCUT2D eigenvalue weighted by Gasteiger charge is 2.21. The number of H-pyrrole nitrogens is 1. The zero-order valence-electron chi connectivity index (χ0n) is 14.1. The summed E-state index contributed by atoms with van der Waals surface area (Å²) in [6.45, 7) is 3.70. The third-order valence-corrected chi connectivity index (χ3v) is 4.20. The first-order valence-electron chi connectivity index (χ1n) is 8.01. The van der Waals surface area contributed by atoms with Gasteiger partial charge in [0.25, 0.3) is 0 Å². The van der Waals surface area contributed by atoms with Gasteiger partial charge in [0.15, 0.2) is 11.4 Å². The minimum Gasteiger partial charge on any atom is -0.460 e. The first-order chi connectivity index (χ1) is 12.6. The Kier molecular flexibility index (Phi) is 2.87. The highest BCUT2D eigenvalue weighted by atomic mass is 16.3. The van der Waals surface area contributed by atoms with Gasteiger partial charge < -0.3 is 10.2 Å². The third kappa shape index (κ3) is 2.07. The quantitative estimate of drug-likeness (QED) is 0.503. The molecule has 0 spiro atoms. The molecule has 0 radical (unpaired) electrons. The Bertz CT molecular complexity index is 1280. The first-order valence-corrected chi connectivity index (χ1v) is 8.01. The lowest BCUT2D eigenvalue weighted by atomic mass is 10.0. The van der Waals surface area contributed by atoms with E-state index < -0.39 is 0 Å². The average molecular weight is 346 g/mol. The predicted molar refractivity (Wildman–Crippen MR) is 95.3 cm³/mol. The van der Waals surface area contributed by atoms with Crippen molar-refractivity contribution in [2.24, 2.45) is 0 Å². The number of nitrogens with zero attached hydrogens (tertiary/aromatic N) is 6. The molecule has 0 aliphatic carbocycles. The molecule has 0 fully saturated rings. The number of nitrogens with two attached hydrogens (primary N) is 1. The van der Waals surface area contributed by atoms with Gasteiger partial charge >= 0.3 is 0 Å². The van der Waals surface area contributed by atoms with E-state index in [0.29, 0.717) is 22.9 Å². The second-order valence-corrected chi connectivity index (χ2v) is 6.03. The number of aromatic amines is 1. The molecule has 0 aliphatic heterocycles. The average Bonchev–Trinajstić information content (AvgIpc) is 3.33. The molecule has 0 atom stereocenters. The molecular weight excluding hydrogens is 332 g/mol. The van der Waals surface area contributed by atoms with E-state index in [1.807, 2.05) is 44.2 Å². The molecule has 0 unspecified atom stereocenters. The summed E-state index contributed by atoms with van der Waals surface area (Å²) in [4.78, 5) is 9.10. The summed E-state index contributed by atoms with van der Waals surface area (Å²) in [5, 5.41) is 15.2. The van der Waals surface area contributed by atoms with Crippen molar-refractivity contribution in [1.29, 1.82) is 0 Å². The molecule has 9 heteroatoms. The van der Waals surface area contributed by atoms with Crippen LogP contribution in [0.3, 0.4) is 0 Å². The Hall–Kier alpha value is -3.75. The minimum absolute atomic E-state index is 0.246. The summed E-state index contributed by atoms with van der Waals surface area (Å²) < 4.78 is 7.34. The molecule has 4 heterocycles. The van der Waals surface area contributed by atoms with E-state index >= 15 is 0 Å². The molecule has 3 N–H and O–H groups in total. The van der Waals surface area contributed by atoms with Crippen molar-refractivity contribution >= 4 is 22.6 Å². The van der Waals surface area contributed by atoms with Crippen LogP contribution in [-0.2, 0) is 0 Å². The molecule has 5 rings (SSSR count). The second-order valence-electron chi connectivity index (χ2n) is 6.03. The van der Waals surface area contributed by atoms with Gasteiger partial charge in [-0.25, -0.2) is 9.97 Å². The van der Waals surface area contributed by atoms with Gasteiger partial charge in [0, 0.05) is 0 Å². The van der Waals surface area contributed by atoms with Crippen LogP contribution in [0.15, 0.2) is 34.7 Å². The molecule has 1 aromatic carbocycles. The molecule has 128 valence electrons. The number of aromatic nitrogens is 7. The molecule has 26 heavy (non-hydrogen) atoms. The van der Waals surface area contributed by atoms with Crippen molar-refractivity contribution in [1.82, 2.24) is 35.0 Å². The van der Waals surface area contributed by atoms with E-state index in [4.69, 9.17) is 10.2 Å². The predicted octanol–water partition coefficient (Wildman–Crippen LogP) is 2.52. The van der Waals surface area contributed by atoms with Gasteiger partial charge in [-0.05, 0) is 43.7 Å². The van der Waals surface area contributed by atoms with Crippen molar-refractivity contribution in [2.75, 3.05) is 5.73 Å². The maximum atomic E-state index is 6.12. The van der Waals surface area contributed by atoms with Crippen molar-refractivity contribution in [2.45, 2.75) is 13.8 Å². The normalized spacial score (nSPS) is 11.6. The monoisotopic (exact) mass is 346 g/mol. The SMILES string of the molecule is Cc1nc2c(-c3ccc4n[nH]nc4c3)c(-c3ccc(C)o3)nc(N)n2n1. The van der Waals surface area contributed by atoms with Gasteiger partial charge in [-0.1, -0.05) is 6.07 Å². The largest absolute Gasteiger partial charge is 0.460 e. The molecule has 0 amide bonds. The zero-order chi connectivity index (χ0) is 17.8. The van der Waals surface area contributed by atoms with E-state index in [-0.39, 0.29) is 5.95 Å². The van der Waals surface area contributed by atoms with Crippen molar-refractivity contribution in [3.8, 4) is 22.6 Å². The fraction of sp³-hybridized carbons (Fsp3) is 0.118. The van der Waals surface area contributed by atoms with Crippen LogP contribution in [0, 0.1) is 13.8 Å². The van der Waals surface area contributed by atoms with E-state index in [9.17, 15) is 0 Å². The summed E-state index contributed by atoms with van der Waals surface area (Å²) in [6.07, 6.45) is 0. The van der Waals surface area contributed by atoms with Crippen LogP contribution in [0.1, 0.15) is 11.6 Å². The van der Waals surface area contributed by atoms with Gasteiger partial charge in [0.05, 0.1) is 5.56 Å². The van der Waals surface area contributed by atoms with Gasteiger partial charge in [0.1, 0.15) is 28.3 Å². The lowest BCUT2D eigenvalue weighted by Crippen LogP contribution is -2.05. The second kappa shape index (κ2) is 5.12. The van der Waals surface area contributed by atoms with Crippen LogP contribution in [0.4, 0.5) is 5.95 Å². The fourth-order valence-corrected chi connectivity index (χ4v) is 3.06. The molecule has 9 nitrogen and oxygen atoms in total. The standard InChI is InChI=1S/C17H14N8O/c1-8-3-6-13(26-8)15-14(10-4-5-11-12(7-10)22-24-21-11)16-19-9(2)23-25(16)17(18)20-15/h3-7H,1-2H3,(H2,18,20)(H,21,22,24). The van der Waals surface area contributed by atoms with Crippen LogP contribution in [-0.4, -0.2) is 35.0 Å². The third-order valence-electron chi connectivity index (χ3n) is 4.20. The topological polar surface area (TPSA) is 124 Å². The highest BCUT2D eigenvalue weighted by Crippen LogP contribution is 2.36. The van der Waals surface area contributed by atoms with E-state index in [1.165, 1.54) is 4.52 Å². The van der Waals surface area contributed by atoms with Gasteiger partial charge in [0.2, 0.25) is 5.95 Å². The molecule has 0 saturated carbocycles. The van der Waals surface area contributed by atoms with Crippen LogP contribution in [0.5, 0.6) is 0 Å². The van der Waals surface area contributed by atoms with Gasteiger partial charge in [-0.2, -0.15) is 19.9 Å². The Morgan fingerprint density at radius 3 is 2.69 bits per heavy atom. The number of hydrogen-bond acceptors (Lipinski definition) is 7. The van der Waals surface area contributed by atoms with Crippen LogP contribution in [0.25, 0.3) is 39.3 Å². The smallest absolute Gasteiger partial charge is 0.223 e. The van der Waals surface area contributed by atoms with Crippen LogP contribution >= 0.6 is 0 Å². The number of aryl methyl sites for hydroxylation is 2. The first kappa shape index (κ1) is 14.6. The number of nitrogens with one attached hydrogen (secondary N) is 1. The lowest BCUT2D eigenvalue weighted by Gasteiger charge is -2.10. The van der Waals surface area contributed by atoms with Crippen molar-refractivity contribution < 1.29 is 4.42 Å². The van der Waals surface area contributed by atoms with Gasteiger partial charge in [-0.3, -0.25) is 0 Å². The zero-order valence-corrected chi connectivity index (χ0v) is 14.1. The fourth-order valence-electron chi connectivity index (χ4n) is 3.06. The maximum Gasteiger partial charge on any atom is 0.223 e. The summed E-state index contributed by atoms with van der Waals surface area (Å²) >= 11 is 0. The number of furan rings is 1. The molecule has 0 saturated heterocycles. The summed E-state index contributed by atoms with van der Waals surface area (Å²) in [5.74, 6) is 2.26. The Balaban J connectivity index is 1.90. The number of hydrogen-bond donors (Lipinski definition) is 2. The number of nitrogen functional groups attached to an aromatic ring is 1.